The van der Waals surface area contributed by atoms with Crippen LogP contribution >= 0.6 is 0 Å². The number of carbonyl (C=O) groups is 1. The standard InChI is InChI=1S/C5H9NO4S/c6-5(4(7)8)1-2-11(9,10)3-5/h1-3,6H2,(H,7,8). The summed E-state index contributed by atoms with van der Waals surface area (Å²) in [6, 6.07) is 0. The molecule has 0 saturated carbocycles. The molecule has 0 spiro atoms. The summed E-state index contributed by atoms with van der Waals surface area (Å²) in [4.78, 5) is 10.4. The van der Waals surface area contributed by atoms with Crippen molar-refractivity contribution in [2.75, 3.05) is 11.5 Å². The molecule has 64 valence electrons. The topological polar surface area (TPSA) is 97.5 Å². The van der Waals surface area contributed by atoms with Gasteiger partial charge >= 0.3 is 5.97 Å². The lowest BCUT2D eigenvalue weighted by Gasteiger charge is -2.14. The van der Waals surface area contributed by atoms with Gasteiger partial charge in [-0.2, -0.15) is 0 Å². The average Bonchev–Trinajstić information content (AvgIpc) is 2.08. The van der Waals surface area contributed by atoms with Crippen molar-refractivity contribution in [3.63, 3.8) is 0 Å². The van der Waals surface area contributed by atoms with Gasteiger partial charge < -0.3 is 10.8 Å². The van der Waals surface area contributed by atoms with Crippen LogP contribution in [0.4, 0.5) is 0 Å². The first-order chi connectivity index (χ1) is 4.86. The predicted molar refractivity (Wildman–Crippen MR) is 37.8 cm³/mol. The van der Waals surface area contributed by atoms with E-state index >= 15 is 0 Å². The van der Waals surface area contributed by atoms with E-state index in [2.05, 4.69) is 0 Å². The van der Waals surface area contributed by atoms with Gasteiger partial charge in [-0.3, -0.25) is 4.79 Å². The van der Waals surface area contributed by atoms with Gasteiger partial charge in [0, 0.05) is 0 Å². The summed E-state index contributed by atoms with van der Waals surface area (Å²) in [5.74, 6) is -1.79. The number of aliphatic carboxylic acids is 1. The highest BCUT2D eigenvalue weighted by Gasteiger charge is 2.45. The smallest absolute Gasteiger partial charge is 0.324 e. The third kappa shape index (κ3) is 1.51. The third-order valence-corrected chi connectivity index (χ3v) is 3.54. The van der Waals surface area contributed by atoms with Crippen molar-refractivity contribution in [3.05, 3.63) is 0 Å². The second-order valence-electron chi connectivity index (χ2n) is 2.80. The molecule has 1 aliphatic rings. The Balaban J connectivity index is 2.90. The fourth-order valence-electron chi connectivity index (χ4n) is 1.04. The molecule has 3 N–H and O–H groups in total. The Morgan fingerprint density at radius 2 is 2.09 bits per heavy atom. The molecule has 0 aliphatic carbocycles. The zero-order chi connectivity index (χ0) is 8.70. The molecule has 1 fully saturated rings. The van der Waals surface area contributed by atoms with Crippen molar-refractivity contribution < 1.29 is 18.3 Å². The second kappa shape index (κ2) is 2.18. The van der Waals surface area contributed by atoms with Crippen LogP contribution in [-0.2, 0) is 14.6 Å². The SMILES string of the molecule is NC1(C(=O)O)CCS(=O)(=O)C1. The quantitative estimate of drug-likeness (QED) is 0.515. The Hall–Kier alpha value is -0.620. The van der Waals surface area contributed by atoms with E-state index in [0.29, 0.717) is 0 Å². The maximum atomic E-state index is 10.8. The van der Waals surface area contributed by atoms with Crippen LogP contribution in [-0.4, -0.2) is 36.5 Å². The van der Waals surface area contributed by atoms with E-state index in [1.165, 1.54) is 0 Å². The number of rotatable bonds is 1. The van der Waals surface area contributed by atoms with Crippen molar-refractivity contribution >= 4 is 15.8 Å². The molecule has 1 rings (SSSR count). The Labute approximate surface area is 64.1 Å². The molecule has 1 unspecified atom stereocenters. The molecule has 1 heterocycles. The summed E-state index contributed by atoms with van der Waals surface area (Å²) in [6.07, 6.45) is 0.0185. The van der Waals surface area contributed by atoms with Crippen LogP contribution in [0.2, 0.25) is 0 Å². The number of nitrogens with two attached hydrogens (primary N) is 1. The van der Waals surface area contributed by atoms with E-state index in [4.69, 9.17) is 10.8 Å². The van der Waals surface area contributed by atoms with E-state index in [9.17, 15) is 13.2 Å². The van der Waals surface area contributed by atoms with Crippen molar-refractivity contribution in [3.8, 4) is 0 Å². The summed E-state index contributed by atoms with van der Waals surface area (Å²) in [7, 11) is -3.20. The highest BCUT2D eigenvalue weighted by Crippen LogP contribution is 2.20. The molecule has 6 heteroatoms. The van der Waals surface area contributed by atoms with Crippen molar-refractivity contribution in [1.29, 1.82) is 0 Å². The maximum absolute atomic E-state index is 10.8. The summed E-state index contributed by atoms with van der Waals surface area (Å²) < 4.78 is 21.6. The molecule has 0 bridgehead atoms. The lowest BCUT2D eigenvalue weighted by molar-refractivity contribution is -0.142. The molecule has 5 nitrogen and oxygen atoms in total. The largest absolute Gasteiger partial charge is 0.480 e. The molecule has 11 heavy (non-hydrogen) atoms. The van der Waals surface area contributed by atoms with Gasteiger partial charge in [-0.15, -0.1) is 0 Å². The maximum Gasteiger partial charge on any atom is 0.324 e. The fraction of sp³-hybridized carbons (Fsp3) is 0.800. The van der Waals surface area contributed by atoms with Crippen LogP contribution in [0.5, 0.6) is 0 Å². The molecule has 0 aromatic carbocycles. The molecule has 0 aromatic rings. The van der Waals surface area contributed by atoms with E-state index in [1.54, 1.807) is 0 Å². The number of hydrogen-bond donors (Lipinski definition) is 2. The fourth-order valence-corrected chi connectivity index (χ4v) is 2.92. The van der Waals surface area contributed by atoms with Gasteiger partial charge in [0.25, 0.3) is 0 Å². The molecule has 0 amide bonds. The van der Waals surface area contributed by atoms with Gasteiger partial charge in [0.15, 0.2) is 9.84 Å². The van der Waals surface area contributed by atoms with E-state index < -0.39 is 27.1 Å². The molecule has 0 radical (unpaired) electrons. The average molecular weight is 179 g/mol. The van der Waals surface area contributed by atoms with Crippen molar-refractivity contribution in [1.82, 2.24) is 0 Å². The minimum Gasteiger partial charge on any atom is -0.480 e. The Kier molecular flexibility index (Phi) is 1.68. The zero-order valence-electron chi connectivity index (χ0n) is 5.78. The first-order valence-electron chi connectivity index (χ1n) is 3.08. The third-order valence-electron chi connectivity index (χ3n) is 1.76. The lowest BCUT2D eigenvalue weighted by Crippen LogP contribution is -2.48. The van der Waals surface area contributed by atoms with E-state index in [-0.39, 0.29) is 12.2 Å². The molecular weight excluding hydrogens is 170 g/mol. The molecule has 1 saturated heterocycles. The van der Waals surface area contributed by atoms with Gasteiger partial charge in [-0.25, -0.2) is 8.42 Å². The summed E-state index contributed by atoms with van der Waals surface area (Å²) in [5, 5.41) is 8.52. The second-order valence-corrected chi connectivity index (χ2v) is 4.99. The first kappa shape index (κ1) is 8.48. The molecule has 1 atom stereocenters. The summed E-state index contributed by atoms with van der Waals surface area (Å²) >= 11 is 0. The van der Waals surface area contributed by atoms with Crippen LogP contribution in [0, 0.1) is 0 Å². The molecule has 1 aliphatic heterocycles. The highest BCUT2D eigenvalue weighted by molar-refractivity contribution is 7.91. The van der Waals surface area contributed by atoms with Gasteiger partial charge in [0.2, 0.25) is 0 Å². The Bertz CT molecular complexity index is 283. The van der Waals surface area contributed by atoms with Gasteiger partial charge in [-0.05, 0) is 6.42 Å². The van der Waals surface area contributed by atoms with Crippen LogP contribution in [0.15, 0.2) is 0 Å². The molecular formula is C5H9NO4S. The minimum atomic E-state index is -3.20. The molecule has 0 aromatic heterocycles. The summed E-state index contributed by atoms with van der Waals surface area (Å²) in [6.45, 7) is 0. The van der Waals surface area contributed by atoms with Gasteiger partial charge in [0.1, 0.15) is 5.54 Å². The van der Waals surface area contributed by atoms with Crippen molar-refractivity contribution in [2.24, 2.45) is 5.73 Å². The Morgan fingerprint density at radius 3 is 2.27 bits per heavy atom. The predicted octanol–water partition coefficient (Wildman–Crippen LogP) is -1.41. The number of hydrogen-bond acceptors (Lipinski definition) is 4. The van der Waals surface area contributed by atoms with Crippen LogP contribution in [0.1, 0.15) is 6.42 Å². The van der Waals surface area contributed by atoms with Gasteiger partial charge in [-0.1, -0.05) is 0 Å². The Morgan fingerprint density at radius 1 is 1.55 bits per heavy atom. The minimum absolute atomic E-state index is 0.0185. The summed E-state index contributed by atoms with van der Waals surface area (Å²) in [5.41, 5.74) is 3.76. The van der Waals surface area contributed by atoms with E-state index in [0.717, 1.165) is 0 Å². The highest BCUT2D eigenvalue weighted by atomic mass is 32.2. The van der Waals surface area contributed by atoms with Crippen LogP contribution < -0.4 is 5.73 Å². The van der Waals surface area contributed by atoms with E-state index in [1.807, 2.05) is 0 Å². The van der Waals surface area contributed by atoms with Crippen molar-refractivity contribution in [2.45, 2.75) is 12.0 Å². The number of carboxylic acid groups (broad SMARTS) is 1. The number of carboxylic acids is 1. The lowest BCUT2D eigenvalue weighted by atomic mass is 10.0. The normalized spacial score (nSPS) is 35.4. The zero-order valence-corrected chi connectivity index (χ0v) is 6.60. The van der Waals surface area contributed by atoms with Crippen LogP contribution in [0.25, 0.3) is 0 Å². The first-order valence-corrected chi connectivity index (χ1v) is 4.91. The number of sulfone groups is 1. The van der Waals surface area contributed by atoms with Crippen LogP contribution in [0.3, 0.4) is 0 Å². The van der Waals surface area contributed by atoms with Gasteiger partial charge in [0.05, 0.1) is 11.5 Å². The monoisotopic (exact) mass is 179 g/mol.